The van der Waals surface area contributed by atoms with E-state index in [0.717, 1.165) is 6.07 Å². The molecular formula is C16H13F3N2. The van der Waals surface area contributed by atoms with Crippen LogP contribution in [0.15, 0.2) is 36.4 Å². The van der Waals surface area contributed by atoms with Gasteiger partial charge in [-0.05, 0) is 30.7 Å². The lowest BCUT2D eigenvalue weighted by Gasteiger charge is -2.11. The molecule has 0 spiro atoms. The van der Waals surface area contributed by atoms with Crippen LogP contribution in [0.2, 0.25) is 0 Å². The molecule has 0 saturated carbocycles. The molecule has 0 aliphatic heterocycles. The van der Waals surface area contributed by atoms with Crippen molar-refractivity contribution < 1.29 is 13.2 Å². The predicted molar refractivity (Wildman–Crippen MR) is 74.6 cm³/mol. The molecule has 0 unspecified atom stereocenters. The lowest BCUT2D eigenvalue weighted by atomic mass is 10.1. The zero-order valence-electron chi connectivity index (χ0n) is 11.3. The summed E-state index contributed by atoms with van der Waals surface area (Å²) < 4.78 is 38.9. The molecule has 1 N–H and O–H groups in total. The Morgan fingerprint density at radius 3 is 2.67 bits per heavy atom. The molecule has 5 heteroatoms. The highest BCUT2D eigenvalue weighted by Gasteiger charge is 2.09. The van der Waals surface area contributed by atoms with E-state index in [2.05, 4.69) is 5.32 Å². The number of hydrogen-bond donors (Lipinski definition) is 1. The number of nitrogens with one attached hydrogen (secondary N) is 1. The molecule has 0 heterocycles. The van der Waals surface area contributed by atoms with Gasteiger partial charge in [0.2, 0.25) is 0 Å². The minimum absolute atomic E-state index is 0.0528. The first kappa shape index (κ1) is 14.9. The molecular weight excluding hydrogens is 277 g/mol. The van der Waals surface area contributed by atoms with Crippen molar-refractivity contribution >= 4 is 5.69 Å². The van der Waals surface area contributed by atoms with Gasteiger partial charge in [-0.3, -0.25) is 0 Å². The van der Waals surface area contributed by atoms with Crippen LogP contribution in [0.1, 0.15) is 28.7 Å². The van der Waals surface area contributed by atoms with Crippen LogP contribution in [0.25, 0.3) is 0 Å². The summed E-state index contributed by atoms with van der Waals surface area (Å²) >= 11 is 0. The number of benzene rings is 2. The van der Waals surface area contributed by atoms with Crippen molar-refractivity contribution in [1.29, 1.82) is 5.26 Å². The smallest absolute Gasteiger partial charge is 0.263 e. The average molecular weight is 290 g/mol. The topological polar surface area (TPSA) is 35.8 Å². The third-order valence-electron chi connectivity index (χ3n) is 3.16. The molecule has 0 atom stereocenters. The lowest BCUT2D eigenvalue weighted by molar-refractivity contribution is 0.151. The van der Waals surface area contributed by atoms with E-state index in [-0.39, 0.29) is 17.7 Å². The SMILES string of the molecule is Cc1c(F)cc(C#N)cc1NCc1cccc(C(F)F)c1. The summed E-state index contributed by atoms with van der Waals surface area (Å²) in [4.78, 5) is 0. The van der Waals surface area contributed by atoms with E-state index < -0.39 is 12.2 Å². The van der Waals surface area contributed by atoms with Crippen LogP contribution >= 0.6 is 0 Å². The summed E-state index contributed by atoms with van der Waals surface area (Å²) in [6.45, 7) is 1.87. The van der Waals surface area contributed by atoms with E-state index in [1.165, 1.54) is 18.2 Å². The van der Waals surface area contributed by atoms with Gasteiger partial charge in [-0.25, -0.2) is 13.2 Å². The van der Waals surface area contributed by atoms with Crippen LogP contribution in [0, 0.1) is 24.1 Å². The maximum absolute atomic E-state index is 13.6. The summed E-state index contributed by atoms with van der Waals surface area (Å²) in [7, 11) is 0. The van der Waals surface area contributed by atoms with Gasteiger partial charge in [0, 0.05) is 23.4 Å². The first-order valence-electron chi connectivity index (χ1n) is 6.32. The Labute approximate surface area is 120 Å². The molecule has 0 aromatic heterocycles. The highest BCUT2D eigenvalue weighted by Crippen LogP contribution is 2.23. The largest absolute Gasteiger partial charge is 0.381 e. The zero-order chi connectivity index (χ0) is 15.4. The zero-order valence-corrected chi connectivity index (χ0v) is 11.3. The number of nitrogens with zero attached hydrogens (tertiary/aromatic N) is 1. The van der Waals surface area contributed by atoms with E-state index in [4.69, 9.17) is 5.26 Å². The Morgan fingerprint density at radius 2 is 2.00 bits per heavy atom. The van der Waals surface area contributed by atoms with Gasteiger partial charge in [-0.2, -0.15) is 5.26 Å². The van der Waals surface area contributed by atoms with Crippen molar-refractivity contribution in [3.63, 3.8) is 0 Å². The Balaban J connectivity index is 2.19. The maximum atomic E-state index is 13.6. The third-order valence-corrected chi connectivity index (χ3v) is 3.16. The van der Waals surface area contributed by atoms with Gasteiger partial charge in [0.15, 0.2) is 0 Å². The van der Waals surface area contributed by atoms with E-state index in [1.54, 1.807) is 19.1 Å². The molecule has 0 aliphatic carbocycles. The predicted octanol–water partition coefficient (Wildman–Crippen LogP) is 4.56. The minimum Gasteiger partial charge on any atom is -0.381 e. The second-order valence-electron chi connectivity index (χ2n) is 4.64. The van der Waals surface area contributed by atoms with Crippen molar-refractivity contribution in [2.75, 3.05) is 5.32 Å². The fourth-order valence-corrected chi connectivity index (χ4v) is 1.96. The number of hydrogen-bond acceptors (Lipinski definition) is 2. The van der Waals surface area contributed by atoms with E-state index in [9.17, 15) is 13.2 Å². The van der Waals surface area contributed by atoms with Crippen LogP contribution in [0.5, 0.6) is 0 Å². The van der Waals surface area contributed by atoms with Gasteiger partial charge < -0.3 is 5.32 Å². The Morgan fingerprint density at radius 1 is 1.24 bits per heavy atom. The molecule has 0 aliphatic rings. The summed E-state index contributed by atoms with van der Waals surface area (Å²) in [5, 5.41) is 11.8. The Kier molecular flexibility index (Phi) is 4.49. The summed E-state index contributed by atoms with van der Waals surface area (Å²) in [6.07, 6.45) is -2.52. The van der Waals surface area contributed by atoms with E-state index in [1.807, 2.05) is 6.07 Å². The van der Waals surface area contributed by atoms with E-state index in [0.29, 0.717) is 16.8 Å². The molecule has 0 radical (unpaired) electrons. The first-order chi connectivity index (χ1) is 10.0. The molecule has 2 aromatic rings. The van der Waals surface area contributed by atoms with Gasteiger partial charge in [0.25, 0.3) is 6.43 Å². The summed E-state index contributed by atoms with van der Waals surface area (Å²) in [5.74, 6) is -0.474. The molecule has 2 aromatic carbocycles. The molecule has 0 amide bonds. The molecule has 0 fully saturated rings. The molecule has 21 heavy (non-hydrogen) atoms. The number of rotatable bonds is 4. The van der Waals surface area contributed by atoms with Gasteiger partial charge in [0.05, 0.1) is 11.6 Å². The van der Waals surface area contributed by atoms with Gasteiger partial charge >= 0.3 is 0 Å². The summed E-state index contributed by atoms with van der Waals surface area (Å²) in [6, 6.07) is 10.6. The number of anilines is 1. The van der Waals surface area contributed by atoms with Gasteiger partial charge in [0.1, 0.15) is 5.82 Å². The van der Waals surface area contributed by atoms with Crippen molar-refractivity contribution in [1.82, 2.24) is 0 Å². The molecule has 0 bridgehead atoms. The highest BCUT2D eigenvalue weighted by molar-refractivity contribution is 5.56. The Bertz CT molecular complexity index is 690. The third kappa shape index (κ3) is 3.54. The minimum atomic E-state index is -2.52. The fraction of sp³-hybridized carbons (Fsp3) is 0.188. The second-order valence-corrected chi connectivity index (χ2v) is 4.64. The van der Waals surface area contributed by atoms with Crippen molar-refractivity contribution in [2.24, 2.45) is 0 Å². The van der Waals surface area contributed by atoms with Crippen molar-refractivity contribution in [2.45, 2.75) is 19.9 Å². The summed E-state index contributed by atoms with van der Waals surface area (Å²) in [5.41, 5.74) is 1.69. The highest BCUT2D eigenvalue weighted by atomic mass is 19.3. The van der Waals surface area contributed by atoms with Gasteiger partial charge in [-0.1, -0.05) is 18.2 Å². The number of halogens is 3. The fourth-order valence-electron chi connectivity index (χ4n) is 1.96. The average Bonchev–Trinajstić information content (AvgIpc) is 2.48. The van der Waals surface area contributed by atoms with Crippen LogP contribution < -0.4 is 5.32 Å². The molecule has 108 valence electrons. The molecule has 0 saturated heterocycles. The number of nitriles is 1. The number of alkyl halides is 2. The second kappa shape index (κ2) is 6.31. The van der Waals surface area contributed by atoms with Crippen LogP contribution in [-0.4, -0.2) is 0 Å². The monoisotopic (exact) mass is 290 g/mol. The maximum Gasteiger partial charge on any atom is 0.263 e. The standard InChI is InChI=1S/C16H13F3N2/c1-10-14(17)6-12(8-20)7-15(10)21-9-11-3-2-4-13(5-11)16(18)19/h2-7,16,21H,9H2,1H3. The van der Waals surface area contributed by atoms with Crippen LogP contribution in [0.3, 0.4) is 0 Å². The quantitative estimate of drug-likeness (QED) is 0.896. The molecule has 2 nitrogen and oxygen atoms in total. The normalized spacial score (nSPS) is 10.5. The van der Waals surface area contributed by atoms with Crippen LogP contribution in [0.4, 0.5) is 18.9 Å². The van der Waals surface area contributed by atoms with Crippen molar-refractivity contribution in [3.05, 3.63) is 64.5 Å². The lowest BCUT2D eigenvalue weighted by Crippen LogP contribution is -2.03. The Hall–Kier alpha value is -2.48. The van der Waals surface area contributed by atoms with Crippen molar-refractivity contribution in [3.8, 4) is 6.07 Å². The van der Waals surface area contributed by atoms with E-state index >= 15 is 0 Å². The first-order valence-corrected chi connectivity index (χ1v) is 6.32. The molecule has 2 rings (SSSR count). The van der Waals surface area contributed by atoms with Crippen LogP contribution in [-0.2, 0) is 6.54 Å². The van der Waals surface area contributed by atoms with Gasteiger partial charge in [-0.15, -0.1) is 0 Å².